The summed E-state index contributed by atoms with van der Waals surface area (Å²) >= 11 is 0. The molecule has 0 saturated carbocycles. The molecule has 1 N–H and O–H groups in total. The Labute approximate surface area is 157 Å². The van der Waals surface area contributed by atoms with E-state index in [1.165, 1.54) is 4.90 Å². The first-order valence-electron chi connectivity index (χ1n) is 9.34. The van der Waals surface area contributed by atoms with Gasteiger partial charge in [-0.1, -0.05) is 29.4 Å². The van der Waals surface area contributed by atoms with E-state index in [9.17, 15) is 9.59 Å². The van der Waals surface area contributed by atoms with Crippen molar-refractivity contribution >= 4 is 12.1 Å². The SMILES string of the molecule is Cc1ccccc1-c1noc(C[C@@H]2CCCN(C(=O)N3CCNC3=O)C2)n1. The Kier molecular flexibility index (Phi) is 4.79. The molecule has 0 aliphatic carbocycles. The molecule has 27 heavy (non-hydrogen) atoms. The van der Waals surface area contributed by atoms with Crippen LogP contribution in [-0.4, -0.2) is 58.2 Å². The molecule has 8 heteroatoms. The van der Waals surface area contributed by atoms with E-state index in [1.54, 1.807) is 4.90 Å². The lowest BCUT2D eigenvalue weighted by Crippen LogP contribution is -2.48. The van der Waals surface area contributed by atoms with E-state index in [2.05, 4.69) is 15.5 Å². The number of benzene rings is 1. The Balaban J connectivity index is 1.40. The first kappa shape index (κ1) is 17.5. The zero-order valence-electron chi connectivity index (χ0n) is 15.4. The molecule has 0 spiro atoms. The molecule has 1 aromatic carbocycles. The summed E-state index contributed by atoms with van der Waals surface area (Å²) in [4.78, 5) is 31.9. The monoisotopic (exact) mass is 369 g/mol. The van der Waals surface area contributed by atoms with Crippen LogP contribution in [0.25, 0.3) is 11.4 Å². The van der Waals surface area contributed by atoms with Crippen molar-refractivity contribution in [1.29, 1.82) is 0 Å². The normalized spacial score (nSPS) is 20.0. The van der Waals surface area contributed by atoms with Gasteiger partial charge in [-0.05, 0) is 31.2 Å². The Hall–Kier alpha value is -2.90. The van der Waals surface area contributed by atoms with Gasteiger partial charge >= 0.3 is 12.1 Å². The van der Waals surface area contributed by atoms with Gasteiger partial charge in [0.2, 0.25) is 11.7 Å². The molecule has 0 unspecified atom stereocenters. The van der Waals surface area contributed by atoms with E-state index < -0.39 is 0 Å². The van der Waals surface area contributed by atoms with Crippen LogP contribution in [0.5, 0.6) is 0 Å². The number of hydrogen-bond donors (Lipinski definition) is 1. The Morgan fingerprint density at radius 1 is 1.33 bits per heavy atom. The highest BCUT2D eigenvalue weighted by Crippen LogP contribution is 2.24. The van der Waals surface area contributed by atoms with Crippen molar-refractivity contribution < 1.29 is 14.1 Å². The van der Waals surface area contributed by atoms with Crippen molar-refractivity contribution in [3.05, 3.63) is 35.7 Å². The maximum atomic E-state index is 12.6. The van der Waals surface area contributed by atoms with Crippen molar-refractivity contribution in [2.24, 2.45) is 5.92 Å². The van der Waals surface area contributed by atoms with Gasteiger partial charge in [-0.25, -0.2) is 14.5 Å². The zero-order valence-corrected chi connectivity index (χ0v) is 15.4. The minimum atomic E-state index is -0.304. The maximum Gasteiger partial charge on any atom is 0.328 e. The molecule has 2 saturated heterocycles. The number of rotatable bonds is 3. The summed E-state index contributed by atoms with van der Waals surface area (Å²) in [5, 5.41) is 6.78. The van der Waals surface area contributed by atoms with E-state index in [0.717, 1.165) is 24.0 Å². The van der Waals surface area contributed by atoms with Crippen LogP contribution in [0.3, 0.4) is 0 Å². The van der Waals surface area contributed by atoms with Crippen LogP contribution in [0.15, 0.2) is 28.8 Å². The number of amides is 4. The van der Waals surface area contributed by atoms with Gasteiger partial charge in [0.25, 0.3) is 0 Å². The number of likely N-dealkylation sites (tertiary alicyclic amines) is 1. The van der Waals surface area contributed by atoms with Crippen molar-refractivity contribution in [2.45, 2.75) is 26.2 Å². The second-order valence-corrected chi connectivity index (χ2v) is 7.15. The van der Waals surface area contributed by atoms with E-state index >= 15 is 0 Å². The lowest BCUT2D eigenvalue weighted by molar-refractivity contribution is 0.137. The summed E-state index contributed by atoms with van der Waals surface area (Å²) in [6, 6.07) is 7.42. The second kappa shape index (κ2) is 7.38. The van der Waals surface area contributed by atoms with Crippen LogP contribution >= 0.6 is 0 Å². The van der Waals surface area contributed by atoms with Crippen LogP contribution in [-0.2, 0) is 6.42 Å². The number of aryl methyl sites for hydroxylation is 1. The van der Waals surface area contributed by atoms with Crippen LogP contribution < -0.4 is 5.32 Å². The molecule has 2 fully saturated rings. The van der Waals surface area contributed by atoms with Crippen LogP contribution in [0.4, 0.5) is 9.59 Å². The summed E-state index contributed by atoms with van der Waals surface area (Å²) in [5.74, 6) is 1.44. The first-order valence-corrected chi connectivity index (χ1v) is 9.34. The van der Waals surface area contributed by atoms with Gasteiger partial charge in [-0.3, -0.25) is 0 Å². The molecule has 2 aliphatic heterocycles. The third-order valence-electron chi connectivity index (χ3n) is 5.19. The third kappa shape index (κ3) is 3.65. The Morgan fingerprint density at radius 3 is 2.96 bits per heavy atom. The molecule has 3 heterocycles. The number of hydrogen-bond acceptors (Lipinski definition) is 5. The van der Waals surface area contributed by atoms with Gasteiger partial charge in [-0.2, -0.15) is 4.98 Å². The lowest BCUT2D eigenvalue weighted by atomic mass is 9.95. The molecule has 2 aliphatic rings. The fraction of sp³-hybridized carbons (Fsp3) is 0.474. The van der Waals surface area contributed by atoms with Crippen molar-refractivity contribution in [3.63, 3.8) is 0 Å². The average molecular weight is 369 g/mol. The number of nitrogens with zero attached hydrogens (tertiary/aromatic N) is 4. The number of nitrogens with one attached hydrogen (secondary N) is 1. The zero-order chi connectivity index (χ0) is 18.8. The maximum absolute atomic E-state index is 12.6. The predicted octanol–water partition coefficient (Wildman–Crippen LogP) is 2.44. The van der Waals surface area contributed by atoms with E-state index in [1.807, 2.05) is 31.2 Å². The number of carbonyl (C=O) groups excluding carboxylic acids is 2. The molecule has 4 amide bonds. The topological polar surface area (TPSA) is 91.6 Å². The van der Waals surface area contributed by atoms with E-state index in [-0.39, 0.29) is 18.0 Å². The molecule has 1 aromatic heterocycles. The highest BCUT2D eigenvalue weighted by atomic mass is 16.5. The van der Waals surface area contributed by atoms with Crippen molar-refractivity contribution in [1.82, 2.24) is 25.3 Å². The third-order valence-corrected chi connectivity index (χ3v) is 5.19. The summed E-state index contributed by atoms with van der Waals surface area (Å²) < 4.78 is 5.45. The second-order valence-electron chi connectivity index (χ2n) is 7.15. The predicted molar refractivity (Wildman–Crippen MR) is 98.0 cm³/mol. The minimum Gasteiger partial charge on any atom is -0.339 e. The molecular formula is C19H23N5O3. The molecule has 2 aromatic rings. The molecule has 8 nitrogen and oxygen atoms in total. The fourth-order valence-corrected chi connectivity index (χ4v) is 3.75. The summed E-state index contributed by atoms with van der Waals surface area (Å²) in [5.41, 5.74) is 2.07. The van der Waals surface area contributed by atoms with E-state index in [4.69, 9.17) is 4.52 Å². The first-order chi connectivity index (χ1) is 13.1. The van der Waals surface area contributed by atoms with Gasteiger partial charge < -0.3 is 14.7 Å². The molecule has 1 atom stereocenters. The standard InChI is InChI=1S/C19H23N5O3/c1-13-5-2-3-7-15(13)17-21-16(27-22-17)11-14-6-4-9-23(12-14)19(26)24-10-8-20-18(24)25/h2-3,5,7,14H,4,6,8-12H2,1H3,(H,20,25)/t14-/m0/s1. The van der Waals surface area contributed by atoms with Gasteiger partial charge in [0.05, 0.1) is 0 Å². The van der Waals surface area contributed by atoms with Gasteiger partial charge in [0, 0.05) is 38.2 Å². The van der Waals surface area contributed by atoms with Crippen LogP contribution in [0.2, 0.25) is 0 Å². The van der Waals surface area contributed by atoms with Crippen LogP contribution in [0, 0.1) is 12.8 Å². The summed E-state index contributed by atoms with van der Waals surface area (Å²) in [6.45, 7) is 4.25. The molecular weight excluding hydrogens is 346 g/mol. The number of urea groups is 2. The average Bonchev–Trinajstić information content (AvgIpc) is 3.31. The minimum absolute atomic E-state index is 0.208. The molecule has 142 valence electrons. The van der Waals surface area contributed by atoms with Gasteiger partial charge in [-0.15, -0.1) is 0 Å². The number of aromatic nitrogens is 2. The molecule has 4 rings (SSSR count). The lowest BCUT2D eigenvalue weighted by Gasteiger charge is -2.33. The van der Waals surface area contributed by atoms with Crippen LogP contribution in [0.1, 0.15) is 24.3 Å². The summed E-state index contributed by atoms with van der Waals surface area (Å²) in [6.07, 6.45) is 2.54. The highest BCUT2D eigenvalue weighted by Gasteiger charge is 2.33. The largest absolute Gasteiger partial charge is 0.339 e. The molecule has 0 radical (unpaired) electrons. The quantitative estimate of drug-likeness (QED) is 0.897. The smallest absolute Gasteiger partial charge is 0.328 e. The highest BCUT2D eigenvalue weighted by molar-refractivity contribution is 5.95. The Bertz CT molecular complexity index is 849. The Morgan fingerprint density at radius 2 is 2.19 bits per heavy atom. The fourth-order valence-electron chi connectivity index (χ4n) is 3.75. The van der Waals surface area contributed by atoms with Crippen molar-refractivity contribution in [3.8, 4) is 11.4 Å². The van der Waals surface area contributed by atoms with Gasteiger partial charge in [0.1, 0.15) is 0 Å². The molecule has 0 bridgehead atoms. The number of imide groups is 1. The van der Waals surface area contributed by atoms with Crippen molar-refractivity contribution in [2.75, 3.05) is 26.2 Å². The number of piperidine rings is 1. The van der Waals surface area contributed by atoms with Gasteiger partial charge in [0.15, 0.2) is 0 Å². The summed E-state index contributed by atoms with van der Waals surface area (Å²) in [7, 11) is 0. The van der Waals surface area contributed by atoms with E-state index in [0.29, 0.717) is 44.3 Å². The number of carbonyl (C=O) groups is 2.